The van der Waals surface area contributed by atoms with Gasteiger partial charge in [0, 0.05) is 25.1 Å². The normalized spacial score (nSPS) is 24.0. The average molecular weight is 197 g/mol. The molecule has 2 heterocycles. The van der Waals surface area contributed by atoms with Gasteiger partial charge in [-0.1, -0.05) is 0 Å². The van der Waals surface area contributed by atoms with Gasteiger partial charge in [0.1, 0.15) is 6.10 Å². The molecule has 2 rings (SSSR count). The van der Waals surface area contributed by atoms with Crippen LogP contribution in [0.15, 0.2) is 11.4 Å². The van der Waals surface area contributed by atoms with Gasteiger partial charge in [0.2, 0.25) is 0 Å². The number of hydrogen-bond acceptors (Lipinski definition) is 3. The van der Waals surface area contributed by atoms with Crippen molar-refractivity contribution in [3.05, 3.63) is 21.9 Å². The first-order chi connectivity index (χ1) is 6.31. The van der Waals surface area contributed by atoms with Crippen molar-refractivity contribution in [2.45, 2.75) is 12.5 Å². The maximum absolute atomic E-state index is 5.50. The second-order valence-corrected chi connectivity index (χ2v) is 4.49. The number of thiophene rings is 1. The van der Waals surface area contributed by atoms with Gasteiger partial charge in [-0.05, 0) is 30.5 Å². The summed E-state index contributed by atoms with van der Waals surface area (Å²) in [6.45, 7) is 2.16. The molecular formula is C10H15NOS. The van der Waals surface area contributed by atoms with Gasteiger partial charge in [-0.15, -0.1) is 11.3 Å². The van der Waals surface area contributed by atoms with Crippen molar-refractivity contribution >= 4 is 11.3 Å². The first kappa shape index (κ1) is 9.19. The average Bonchev–Trinajstić information content (AvgIpc) is 2.53. The van der Waals surface area contributed by atoms with Crippen LogP contribution in [0.4, 0.5) is 0 Å². The summed E-state index contributed by atoms with van der Waals surface area (Å²) in [7, 11) is 3.95. The highest BCUT2D eigenvalue weighted by atomic mass is 32.1. The van der Waals surface area contributed by atoms with Crippen molar-refractivity contribution in [1.29, 1.82) is 0 Å². The molecule has 0 N–H and O–H groups in total. The van der Waals surface area contributed by atoms with E-state index in [1.54, 1.807) is 7.11 Å². The number of fused-ring (bicyclic) bond motifs is 1. The van der Waals surface area contributed by atoms with E-state index in [1.165, 1.54) is 10.4 Å². The van der Waals surface area contributed by atoms with Crippen molar-refractivity contribution < 1.29 is 4.74 Å². The standard InChI is InChI=1S/C10H15NOS/c1-11-5-3-8-4-6-13-10(8)9(7-11)12-2/h4,6,9H,3,5,7H2,1-2H3. The highest BCUT2D eigenvalue weighted by Crippen LogP contribution is 2.30. The largest absolute Gasteiger partial charge is 0.375 e. The van der Waals surface area contributed by atoms with E-state index < -0.39 is 0 Å². The molecule has 1 aromatic rings. The van der Waals surface area contributed by atoms with Crippen LogP contribution in [0.3, 0.4) is 0 Å². The fraction of sp³-hybridized carbons (Fsp3) is 0.600. The lowest BCUT2D eigenvalue weighted by atomic mass is 10.1. The Hall–Kier alpha value is -0.380. The molecule has 0 aliphatic carbocycles. The van der Waals surface area contributed by atoms with Crippen molar-refractivity contribution in [2.75, 3.05) is 27.2 Å². The Morgan fingerprint density at radius 1 is 1.62 bits per heavy atom. The molecule has 3 heteroatoms. The lowest BCUT2D eigenvalue weighted by molar-refractivity contribution is 0.0787. The summed E-state index contributed by atoms with van der Waals surface area (Å²) in [5.74, 6) is 0. The molecule has 1 atom stereocenters. The Balaban J connectivity index is 2.28. The Labute approximate surface area is 83.1 Å². The van der Waals surface area contributed by atoms with Crippen LogP contribution in [-0.4, -0.2) is 32.1 Å². The first-order valence-corrected chi connectivity index (χ1v) is 5.47. The Morgan fingerprint density at radius 3 is 3.23 bits per heavy atom. The van der Waals surface area contributed by atoms with Crippen LogP contribution in [0.25, 0.3) is 0 Å². The molecule has 0 saturated heterocycles. The molecule has 0 aromatic carbocycles. The number of nitrogens with zero attached hydrogens (tertiary/aromatic N) is 1. The molecule has 0 spiro atoms. The third-order valence-electron chi connectivity index (χ3n) is 2.60. The minimum absolute atomic E-state index is 0.280. The predicted octanol–water partition coefficient (Wildman–Crippen LogP) is 1.92. The second kappa shape index (κ2) is 3.78. The molecule has 0 amide bonds. The fourth-order valence-corrected chi connectivity index (χ4v) is 2.81. The number of methoxy groups -OCH3 is 1. The summed E-state index contributed by atoms with van der Waals surface area (Å²) in [6, 6.07) is 2.23. The molecule has 13 heavy (non-hydrogen) atoms. The highest BCUT2D eigenvalue weighted by molar-refractivity contribution is 7.10. The number of ether oxygens (including phenoxy) is 1. The Bertz CT molecular complexity index is 284. The van der Waals surface area contributed by atoms with Gasteiger partial charge in [0.05, 0.1) is 0 Å². The van der Waals surface area contributed by atoms with Crippen molar-refractivity contribution in [3.8, 4) is 0 Å². The van der Waals surface area contributed by atoms with Gasteiger partial charge in [0.15, 0.2) is 0 Å². The maximum Gasteiger partial charge on any atom is 0.104 e. The van der Waals surface area contributed by atoms with E-state index in [-0.39, 0.29) is 6.10 Å². The van der Waals surface area contributed by atoms with E-state index in [9.17, 15) is 0 Å². The van der Waals surface area contributed by atoms with E-state index >= 15 is 0 Å². The molecule has 1 aromatic heterocycles. The molecule has 72 valence electrons. The summed E-state index contributed by atoms with van der Waals surface area (Å²) < 4.78 is 5.50. The quantitative estimate of drug-likeness (QED) is 0.682. The number of rotatable bonds is 1. The molecule has 0 radical (unpaired) electrons. The van der Waals surface area contributed by atoms with Crippen LogP contribution < -0.4 is 0 Å². The molecule has 1 aliphatic heterocycles. The number of likely N-dealkylation sites (N-methyl/N-ethyl adjacent to an activating group) is 1. The zero-order valence-electron chi connectivity index (χ0n) is 8.12. The summed E-state index contributed by atoms with van der Waals surface area (Å²) >= 11 is 1.82. The third-order valence-corrected chi connectivity index (χ3v) is 3.65. The third kappa shape index (κ3) is 1.77. The van der Waals surface area contributed by atoms with Gasteiger partial charge in [-0.25, -0.2) is 0 Å². The summed E-state index contributed by atoms with van der Waals surface area (Å²) in [5, 5.41) is 2.17. The van der Waals surface area contributed by atoms with Crippen molar-refractivity contribution in [2.24, 2.45) is 0 Å². The van der Waals surface area contributed by atoms with E-state index in [0.717, 1.165) is 19.5 Å². The van der Waals surface area contributed by atoms with Crippen molar-refractivity contribution in [3.63, 3.8) is 0 Å². The minimum atomic E-state index is 0.280. The topological polar surface area (TPSA) is 12.5 Å². The molecule has 0 fully saturated rings. The van der Waals surface area contributed by atoms with Crippen LogP contribution in [-0.2, 0) is 11.2 Å². The lowest BCUT2D eigenvalue weighted by Crippen LogP contribution is -2.24. The van der Waals surface area contributed by atoms with Crippen molar-refractivity contribution in [1.82, 2.24) is 4.90 Å². The zero-order chi connectivity index (χ0) is 9.26. The molecular weight excluding hydrogens is 182 g/mol. The van der Waals surface area contributed by atoms with Gasteiger partial charge in [-0.3, -0.25) is 0 Å². The molecule has 0 saturated carbocycles. The predicted molar refractivity (Wildman–Crippen MR) is 55.3 cm³/mol. The van der Waals surface area contributed by atoms with E-state index in [2.05, 4.69) is 23.4 Å². The second-order valence-electron chi connectivity index (χ2n) is 3.55. The monoisotopic (exact) mass is 197 g/mol. The van der Waals surface area contributed by atoms with Gasteiger partial charge < -0.3 is 9.64 Å². The van der Waals surface area contributed by atoms with Crippen LogP contribution in [0.5, 0.6) is 0 Å². The molecule has 1 aliphatic rings. The summed E-state index contributed by atoms with van der Waals surface area (Å²) in [6.07, 6.45) is 1.44. The minimum Gasteiger partial charge on any atom is -0.375 e. The summed E-state index contributed by atoms with van der Waals surface area (Å²) in [4.78, 5) is 3.76. The Kier molecular flexibility index (Phi) is 2.67. The zero-order valence-corrected chi connectivity index (χ0v) is 8.93. The van der Waals surface area contributed by atoms with Gasteiger partial charge >= 0.3 is 0 Å². The van der Waals surface area contributed by atoms with Crippen LogP contribution >= 0.6 is 11.3 Å². The van der Waals surface area contributed by atoms with Crippen LogP contribution in [0.2, 0.25) is 0 Å². The fourth-order valence-electron chi connectivity index (χ4n) is 1.79. The molecule has 2 nitrogen and oxygen atoms in total. The molecule has 0 bridgehead atoms. The van der Waals surface area contributed by atoms with Crippen LogP contribution in [0, 0.1) is 0 Å². The van der Waals surface area contributed by atoms with E-state index in [4.69, 9.17) is 4.74 Å². The lowest BCUT2D eigenvalue weighted by Gasteiger charge is -2.18. The van der Waals surface area contributed by atoms with E-state index in [1.807, 2.05) is 11.3 Å². The van der Waals surface area contributed by atoms with Gasteiger partial charge in [-0.2, -0.15) is 0 Å². The number of hydrogen-bond donors (Lipinski definition) is 0. The summed E-state index contributed by atoms with van der Waals surface area (Å²) in [5.41, 5.74) is 1.47. The van der Waals surface area contributed by atoms with E-state index in [0.29, 0.717) is 0 Å². The highest BCUT2D eigenvalue weighted by Gasteiger charge is 2.21. The van der Waals surface area contributed by atoms with Gasteiger partial charge in [0.25, 0.3) is 0 Å². The Morgan fingerprint density at radius 2 is 2.46 bits per heavy atom. The van der Waals surface area contributed by atoms with Crippen LogP contribution in [0.1, 0.15) is 16.5 Å². The SMILES string of the molecule is COC1CN(C)CCc2ccsc21. The maximum atomic E-state index is 5.50. The smallest absolute Gasteiger partial charge is 0.104 e. The molecule has 1 unspecified atom stereocenters. The first-order valence-electron chi connectivity index (χ1n) is 4.59.